The summed E-state index contributed by atoms with van der Waals surface area (Å²) in [6.07, 6.45) is -0.682. The number of hydrogen-bond donors (Lipinski definition) is 1. The molecule has 3 amide bonds. The number of alkyl carbamates (subject to hydrolysis) is 1. The van der Waals surface area contributed by atoms with Crippen LogP contribution in [-0.4, -0.2) is 59.9 Å². The van der Waals surface area contributed by atoms with Crippen LogP contribution in [0, 0.1) is 17.6 Å². The number of benzene rings is 2. The van der Waals surface area contributed by atoms with E-state index in [4.69, 9.17) is 4.74 Å². The molecule has 0 saturated carbocycles. The second-order valence-electron chi connectivity index (χ2n) is 8.17. The molecule has 0 unspecified atom stereocenters. The minimum atomic E-state index is -1.08. The summed E-state index contributed by atoms with van der Waals surface area (Å²) in [6.45, 7) is 4.75. The summed E-state index contributed by atoms with van der Waals surface area (Å²) >= 11 is 0. The highest BCUT2D eigenvalue weighted by molar-refractivity contribution is 5.94. The number of ether oxygens (including phenoxy) is 1. The van der Waals surface area contributed by atoms with Crippen molar-refractivity contribution in [3.8, 4) is 0 Å². The molecule has 3 rings (SSSR count). The van der Waals surface area contributed by atoms with E-state index < -0.39 is 29.7 Å². The van der Waals surface area contributed by atoms with E-state index >= 15 is 0 Å². The second kappa shape index (κ2) is 10.9. The number of piperazine rings is 1. The van der Waals surface area contributed by atoms with Gasteiger partial charge in [0.2, 0.25) is 5.91 Å². The first-order chi connectivity index (χ1) is 15.8. The average Bonchev–Trinajstić information content (AvgIpc) is 2.82. The molecule has 1 fully saturated rings. The molecule has 1 saturated heterocycles. The van der Waals surface area contributed by atoms with Crippen LogP contribution in [0.1, 0.15) is 29.8 Å². The molecule has 176 valence electrons. The first kappa shape index (κ1) is 24.2. The fraction of sp³-hybridized carbons (Fsp3) is 0.375. The number of rotatable bonds is 6. The summed E-state index contributed by atoms with van der Waals surface area (Å²) in [4.78, 5) is 40.9. The van der Waals surface area contributed by atoms with Gasteiger partial charge in [-0.15, -0.1) is 0 Å². The van der Waals surface area contributed by atoms with Crippen molar-refractivity contribution in [2.45, 2.75) is 26.5 Å². The molecular weight excluding hydrogens is 432 g/mol. The molecule has 1 heterocycles. The van der Waals surface area contributed by atoms with Crippen molar-refractivity contribution in [3.05, 3.63) is 71.3 Å². The van der Waals surface area contributed by atoms with Crippen LogP contribution >= 0.6 is 0 Å². The third-order valence-corrected chi connectivity index (χ3v) is 5.46. The van der Waals surface area contributed by atoms with Crippen molar-refractivity contribution in [1.29, 1.82) is 0 Å². The van der Waals surface area contributed by atoms with Gasteiger partial charge in [0, 0.05) is 31.7 Å². The summed E-state index contributed by atoms with van der Waals surface area (Å²) in [5, 5.41) is 2.65. The number of amides is 3. The maximum absolute atomic E-state index is 13.5. The van der Waals surface area contributed by atoms with Crippen LogP contribution in [0.15, 0.2) is 48.5 Å². The highest BCUT2D eigenvalue weighted by Gasteiger charge is 2.32. The monoisotopic (exact) mass is 459 g/mol. The van der Waals surface area contributed by atoms with E-state index in [1.165, 1.54) is 11.0 Å². The number of halogens is 2. The Hall–Kier alpha value is -3.49. The van der Waals surface area contributed by atoms with Crippen LogP contribution in [0.4, 0.5) is 13.6 Å². The van der Waals surface area contributed by atoms with Gasteiger partial charge in [-0.05, 0) is 29.7 Å². The van der Waals surface area contributed by atoms with Gasteiger partial charge in [-0.25, -0.2) is 13.6 Å². The van der Waals surface area contributed by atoms with Crippen LogP contribution in [0.25, 0.3) is 0 Å². The first-order valence-electron chi connectivity index (χ1n) is 10.8. The Morgan fingerprint density at radius 3 is 2.18 bits per heavy atom. The minimum Gasteiger partial charge on any atom is -0.445 e. The van der Waals surface area contributed by atoms with Crippen LogP contribution in [0.5, 0.6) is 0 Å². The van der Waals surface area contributed by atoms with E-state index in [1.54, 1.807) is 4.90 Å². The van der Waals surface area contributed by atoms with Crippen molar-refractivity contribution in [3.63, 3.8) is 0 Å². The van der Waals surface area contributed by atoms with Gasteiger partial charge >= 0.3 is 6.09 Å². The largest absolute Gasteiger partial charge is 0.445 e. The zero-order chi connectivity index (χ0) is 24.0. The summed E-state index contributed by atoms with van der Waals surface area (Å²) < 4.78 is 31.8. The van der Waals surface area contributed by atoms with E-state index in [1.807, 2.05) is 44.2 Å². The molecule has 7 nitrogen and oxygen atoms in total. The van der Waals surface area contributed by atoms with Crippen molar-refractivity contribution in [2.24, 2.45) is 5.92 Å². The van der Waals surface area contributed by atoms with Gasteiger partial charge in [-0.1, -0.05) is 44.2 Å². The number of carbonyl (C=O) groups excluding carboxylic acids is 3. The molecule has 0 bridgehead atoms. The normalized spacial score (nSPS) is 14.7. The molecule has 0 radical (unpaired) electrons. The molecule has 0 aromatic heterocycles. The highest BCUT2D eigenvalue weighted by Crippen LogP contribution is 2.15. The van der Waals surface area contributed by atoms with Crippen LogP contribution < -0.4 is 5.32 Å². The average molecular weight is 459 g/mol. The van der Waals surface area contributed by atoms with Crippen molar-refractivity contribution < 1.29 is 27.9 Å². The lowest BCUT2D eigenvalue weighted by Crippen LogP contribution is -2.57. The van der Waals surface area contributed by atoms with Crippen molar-refractivity contribution in [2.75, 3.05) is 26.2 Å². The standard InChI is InChI=1S/C24H27F2N3O4/c1-16(2)21(27-24(32)33-15-17-6-4-3-5-7-17)23(31)29-12-10-28(11-13-29)22(30)18-8-9-19(25)20(26)14-18/h3-9,14,16,21H,10-13,15H2,1-2H3,(H,27,32)/t21-/m0/s1. The third-order valence-electron chi connectivity index (χ3n) is 5.46. The molecule has 1 atom stereocenters. The fourth-order valence-corrected chi connectivity index (χ4v) is 3.54. The molecule has 1 aliphatic rings. The van der Waals surface area contributed by atoms with Crippen LogP contribution in [0.2, 0.25) is 0 Å². The van der Waals surface area contributed by atoms with E-state index in [-0.39, 0.29) is 50.2 Å². The quantitative estimate of drug-likeness (QED) is 0.720. The van der Waals surface area contributed by atoms with Gasteiger partial charge in [0.25, 0.3) is 5.91 Å². The number of nitrogens with one attached hydrogen (secondary N) is 1. The molecule has 2 aromatic carbocycles. The summed E-state index contributed by atoms with van der Waals surface area (Å²) in [6, 6.07) is 11.5. The fourth-order valence-electron chi connectivity index (χ4n) is 3.54. The maximum atomic E-state index is 13.5. The molecule has 9 heteroatoms. The molecule has 0 spiro atoms. The molecule has 0 aliphatic carbocycles. The summed E-state index contributed by atoms with van der Waals surface area (Å²) in [7, 11) is 0. The lowest BCUT2D eigenvalue weighted by Gasteiger charge is -2.37. The van der Waals surface area contributed by atoms with Gasteiger partial charge in [0.1, 0.15) is 12.6 Å². The van der Waals surface area contributed by atoms with Gasteiger partial charge in [-0.2, -0.15) is 0 Å². The summed E-state index contributed by atoms with van der Waals surface area (Å²) in [5.74, 6) is -2.97. The minimum absolute atomic E-state index is 0.0524. The van der Waals surface area contributed by atoms with Crippen LogP contribution in [0.3, 0.4) is 0 Å². The maximum Gasteiger partial charge on any atom is 0.408 e. The Labute approximate surface area is 191 Å². The lowest BCUT2D eigenvalue weighted by atomic mass is 10.0. The van der Waals surface area contributed by atoms with Gasteiger partial charge in [0.05, 0.1) is 0 Å². The Balaban J connectivity index is 1.54. The molecule has 2 aromatic rings. The van der Waals surface area contributed by atoms with Gasteiger partial charge in [-0.3, -0.25) is 9.59 Å². The predicted octanol–water partition coefficient (Wildman–Crippen LogP) is 3.20. The zero-order valence-corrected chi connectivity index (χ0v) is 18.6. The van der Waals surface area contributed by atoms with Gasteiger partial charge in [0.15, 0.2) is 11.6 Å². The van der Waals surface area contributed by atoms with Crippen molar-refractivity contribution in [1.82, 2.24) is 15.1 Å². The van der Waals surface area contributed by atoms with E-state index in [0.29, 0.717) is 0 Å². The molecule has 33 heavy (non-hydrogen) atoms. The summed E-state index contributed by atoms with van der Waals surface area (Å²) in [5.41, 5.74) is 0.887. The molecule has 1 aliphatic heterocycles. The Kier molecular flexibility index (Phi) is 7.97. The van der Waals surface area contributed by atoms with Gasteiger partial charge < -0.3 is 19.9 Å². The molecule has 1 N–H and O–H groups in total. The predicted molar refractivity (Wildman–Crippen MR) is 117 cm³/mol. The Morgan fingerprint density at radius 2 is 1.58 bits per heavy atom. The van der Waals surface area contributed by atoms with Crippen molar-refractivity contribution >= 4 is 17.9 Å². The highest BCUT2D eigenvalue weighted by atomic mass is 19.2. The van der Waals surface area contributed by atoms with Crippen LogP contribution in [-0.2, 0) is 16.1 Å². The second-order valence-corrected chi connectivity index (χ2v) is 8.17. The number of nitrogens with zero attached hydrogens (tertiary/aromatic N) is 2. The zero-order valence-electron chi connectivity index (χ0n) is 18.6. The Bertz CT molecular complexity index is 992. The van der Waals surface area contributed by atoms with E-state index in [9.17, 15) is 23.2 Å². The first-order valence-corrected chi connectivity index (χ1v) is 10.8. The SMILES string of the molecule is CC(C)[C@H](NC(=O)OCc1ccccc1)C(=O)N1CCN(C(=O)c2ccc(F)c(F)c2)CC1. The van der Waals surface area contributed by atoms with E-state index in [2.05, 4.69) is 5.32 Å². The number of hydrogen-bond acceptors (Lipinski definition) is 4. The number of carbonyl (C=O) groups is 3. The molecular formula is C24H27F2N3O4. The Morgan fingerprint density at radius 1 is 0.939 bits per heavy atom. The lowest BCUT2D eigenvalue weighted by molar-refractivity contribution is -0.135. The topological polar surface area (TPSA) is 79.0 Å². The van der Waals surface area contributed by atoms with E-state index in [0.717, 1.165) is 17.7 Å². The smallest absolute Gasteiger partial charge is 0.408 e. The third kappa shape index (κ3) is 6.27.